The average Bonchev–Trinajstić information content (AvgIpc) is 2.71. The molecule has 0 saturated heterocycles. The molecular weight excluding hydrogens is 321 g/mol. The molecule has 1 aromatic carbocycles. The number of aromatic nitrogens is 2. The molecule has 2 aromatic rings. The first-order valence-corrected chi connectivity index (χ1v) is 7.29. The molecule has 20 heavy (non-hydrogen) atoms. The second-order valence-corrected chi connectivity index (χ2v) is 5.39. The van der Waals surface area contributed by atoms with E-state index in [4.69, 9.17) is 5.73 Å². The van der Waals surface area contributed by atoms with Gasteiger partial charge in [0.2, 0.25) is 0 Å². The van der Waals surface area contributed by atoms with Crippen LogP contribution in [-0.2, 0) is 13.0 Å². The van der Waals surface area contributed by atoms with E-state index >= 15 is 0 Å². The van der Waals surface area contributed by atoms with Crippen molar-refractivity contribution in [2.24, 2.45) is 0 Å². The highest BCUT2D eigenvalue weighted by Gasteiger charge is 2.17. The number of rotatable bonds is 5. The Balaban J connectivity index is 2.59. The summed E-state index contributed by atoms with van der Waals surface area (Å²) in [4.78, 5) is 4.58. The molecule has 5 heteroatoms. The van der Waals surface area contributed by atoms with Gasteiger partial charge in [0.15, 0.2) is 0 Å². The lowest BCUT2D eigenvalue weighted by Crippen LogP contribution is -2.05. The van der Waals surface area contributed by atoms with E-state index in [1.54, 1.807) is 12.1 Å². The summed E-state index contributed by atoms with van der Waals surface area (Å²) >= 11 is 3.42. The molecule has 0 radical (unpaired) electrons. The van der Waals surface area contributed by atoms with Crippen LogP contribution in [-0.4, -0.2) is 9.55 Å². The van der Waals surface area contributed by atoms with Gasteiger partial charge in [-0.3, -0.25) is 0 Å². The van der Waals surface area contributed by atoms with E-state index in [-0.39, 0.29) is 5.82 Å². The first-order valence-electron chi connectivity index (χ1n) is 6.49. The van der Waals surface area contributed by atoms with Gasteiger partial charge in [-0.2, -0.15) is 0 Å². The zero-order chi connectivity index (χ0) is 14.7. The van der Waals surface area contributed by atoms with Crippen molar-refractivity contribution in [2.75, 3.05) is 5.73 Å². The number of benzene rings is 1. The van der Waals surface area contributed by atoms with Crippen molar-refractivity contribution >= 4 is 21.7 Å². The fourth-order valence-electron chi connectivity index (χ4n) is 2.14. The van der Waals surface area contributed by atoms with Gasteiger partial charge in [-0.25, -0.2) is 9.37 Å². The molecule has 0 aliphatic carbocycles. The van der Waals surface area contributed by atoms with E-state index in [9.17, 15) is 4.39 Å². The molecule has 0 spiro atoms. The summed E-state index contributed by atoms with van der Waals surface area (Å²) in [6.45, 7) is 6.42. The molecule has 0 saturated carbocycles. The largest absolute Gasteiger partial charge is 0.383 e. The quantitative estimate of drug-likeness (QED) is 0.832. The maximum Gasteiger partial charge on any atom is 0.132 e. The fourth-order valence-corrected chi connectivity index (χ4v) is 2.57. The van der Waals surface area contributed by atoms with Crippen molar-refractivity contribution in [1.29, 1.82) is 0 Å². The van der Waals surface area contributed by atoms with Crippen molar-refractivity contribution in [3.05, 3.63) is 47.0 Å². The number of hydrogen-bond acceptors (Lipinski definition) is 2. The summed E-state index contributed by atoms with van der Waals surface area (Å²) in [6.07, 6.45) is 3.57. The van der Waals surface area contributed by atoms with E-state index in [1.165, 1.54) is 12.1 Å². The van der Waals surface area contributed by atoms with Gasteiger partial charge in [0.1, 0.15) is 23.2 Å². The summed E-state index contributed by atoms with van der Waals surface area (Å²) in [6, 6.07) is 4.50. The number of imidazole rings is 1. The van der Waals surface area contributed by atoms with Crippen LogP contribution in [0.25, 0.3) is 11.3 Å². The number of aryl methyl sites for hydroxylation is 1. The molecule has 1 heterocycles. The predicted molar refractivity (Wildman–Crippen MR) is 83.9 cm³/mol. The van der Waals surface area contributed by atoms with Crippen LogP contribution >= 0.6 is 15.9 Å². The number of halogens is 2. The smallest absolute Gasteiger partial charge is 0.132 e. The Morgan fingerprint density at radius 2 is 2.25 bits per heavy atom. The molecular formula is C15H17BrFN3. The molecule has 2 N–H and O–H groups in total. The molecule has 1 aromatic heterocycles. The van der Waals surface area contributed by atoms with Crippen LogP contribution in [0.15, 0.2) is 35.3 Å². The van der Waals surface area contributed by atoms with Crippen molar-refractivity contribution < 1.29 is 4.39 Å². The van der Waals surface area contributed by atoms with Crippen LogP contribution in [0.2, 0.25) is 0 Å². The Bertz CT molecular complexity index is 634. The van der Waals surface area contributed by atoms with Crippen molar-refractivity contribution in [3.8, 4) is 11.3 Å². The Hall–Kier alpha value is -1.62. The highest BCUT2D eigenvalue weighted by Crippen LogP contribution is 2.33. The lowest BCUT2D eigenvalue weighted by atomic mass is 10.1. The number of allylic oxidation sites excluding steroid dienone is 1. The second-order valence-electron chi connectivity index (χ2n) is 4.54. The van der Waals surface area contributed by atoms with Crippen LogP contribution in [0.4, 0.5) is 10.2 Å². The van der Waals surface area contributed by atoms with Crippen molar-refractivity contribution in [1.82, 2.24) is 9.55 Å². The first-order chi connectivity index (χ1) is 9.58. The molecule has 0 aliphatic heterocycles. The topological polar surface area (TPSA) is 43.8 Å². The standard InChI is InChI=1S/C15H17BrFN3/c1-3-5-13-19-14(15(18)20(13)8-4-2)11-9-10(17)6-7-12(11)16/h4,6-7,9H,2-3,5,8,18H2,1H3. The molecule has 0 amide bonds. The summed E-state index contributed by atoms with van der Waals surface area (Å²) in [5.74, 6) is 1.13. The van der Waals surface area contributed by atoms with Crippen LogP contribution in [0.1, 0.15) is 19.2 Å². The molecule has 2 rings (SSSR count). The van der Waals surface area contributed by atoms with E-state index < -0.39 is 0 Å². The number of nitrogens with two attached hydrogens (primary N) is 1. The van der Waals surface area contributed by atoms with Crippen LogP contribution in [0.5, 0.6) is 0 Å². The molecule has 3 nitrogen and oxygen atoms in total. The molecule has 0 unspecified atom stereocenters. The van der Waals surface area contributed by atoms with E-state index in [1.807, 2.05) is 4.57 Å². The highest BCUT2D eigenvalue weighted by atomic mass is 79.9. The third-order valence-corrected chi connectivity index (χ3v) is 3.75. The highest BCUT2D eigenvalue weighted by molar-refractivity contribution is 9.10. The molecule has 106 valence electrons. The third-order valence-electron chi connectivity index (χ3n) is 3.05. The number of hydrogen-bond donors (Lipinski definition) is 1. The lowest BCUT2D eigenvalue weighted by molar-refractivity contribution is 0.628. The van der Waals surface area contributed by atoms with Crippen molar-refractivity contribution in [2.45, 2.75) is 26.3 Å². The molecule has 0 bridgehead atoms. The number of nitrogens with zero attached hydrogens (tertiary/aromatic N) is 2. The Labute approximate surface area is 126 Å². The zero-order valence-corrected chi connectivity index (χ0v) is 13.0. The Morgan fingerprint density at radius 3 is 2.90 bits per heavy atom. The zero-order valence-electron chi connectivity index (χ0n) is 11.4. The summed E-state index contributed by atoms with van der Waals surface area (Å²) in [5.41, 5.74) is 7.46. The van der Waals surface area contributed by atoms with Gasteiger partial charge in [0.05, 0.1) is 0 Å². The third kappa shape index (κ3) is 2.77. The van der Waals surface area contributed by atoms with Crippen molar-refractivity contribution in [3.63, 3.8) is 0 Å². The van der Waals surface area contributed by atoms with E-state index in [0.717, 1.165) is 23.1 Å². The van der Waals surface area contributed by atoms with Crippen LogP contribution < -0.4 is 5.73 Å². The van der Waals surface area contributed by atoms with Crippen LogP contribution in [0.3, 0.4) is 0 Å². The summed E-state index contributed by atoms with van der Waals surface area (Å²) in [7, 11) is 0. The minimum absolute atomic E-state index is 0.307. The number of anilines is 1. The SMILES string of the molecule is C=CCn1c(CCC)nc(-c2cc(F)ccc2Br)c1N. The van der Waals surface area contributed by atoms with Gasteiger partial charge >= 0.3 is 0 Å². The van der Waals surface area contributed by atoms with Gasteiger partial charge in [-0.1, -0.05) is 28.9 Å². The first kappa shape index (κ1) is 14.8. The average molecular weight is 338 g/mol. The monoisotopic (exact) mass is 337 g/mol. The van der Waals surface area contributed by atoms with Gasteiger partial charge in [-0.05, 0) is 24.6 Å². The van der Waals surface area contributed by atoms with Gasteiger partial charge in [0.25, 0.3) is 0 Å². The Kier molecular flexibility index (Phi) is 4.60. The molecule has 0 fully saturated rings. The second kappa shape index (κ2) is 6.22. The Morgan fingerprint density at radius 1 is 1.50 bits per heavy atom. The summed E-state index contributed by atoms with van der Waals surface area (Å²) < 4.78 is 16.2. The van der Waals surface area contributed by atoms with Gasteiger partial charge in [-0.15, -0.1) is 6.58 Å². The lowest BCUT2D eigenvalue weighted by Gasteiger charge is -2.06. The minimum Gasteiger partial charge on any atom is -0.383 e. The van der Waals surface area contributed by atoms with Crippen LogP contribution in [0, 0.1) is 5.82 Å². The number of nitrogen functional groups attached to an aromatic ring is 1. The van der Waals surface area contributed by atoms with E-state index in [0.29, 0.717) is 23.6 Å². The molecule has 0 atom stereocenters. The normalized spacial score (nSPS) is 10.8. The summed E-state index contributed by atoms with van der Waals surface area (Å²) in [5, 5.41) is 0. The minimum atomic E-state index is -0.307. The fraction of sp³-hybridized carbons (Fsp3) is 0.267. The van der Waals surface area contributed by atoms with E-state index in [2.05, 4.69) is 34.4 Å². The maximum absolute atomic E-state index is 13.5. The molecule has 0 aliphatic rings. The maximum atomic E-state index is 13.5. The predicted octanol–water partition coefficient (Wildman–Crippen LogP) is 4.17. The van der Waals surface area contributed by atoms with Gasteiger partial charge < -0.3 is 10.3 Å². The van der Waals surface area contributed by atoms with Gasteiger partial charge in [0, 0.05) is 23.0 Å².